The maximum absolute atomic E-state index is 12.9. The van der Waals surface area contributed by atoms with Crippen molar-refractivity contribution in [2.24, 2.45) is 5.10 Å². The van der Waals surface area contributed by atoms with E-state index < -0.39 is 12.0 Å². The molecule has 0 radical (unpaired) electrons. The van der Waals surface area contributed by atoms with Gasteiger partial charge >= 0.3 is 6.18 Å². The first kappa shape index (κ1) is 20.4. The Hall–Kier alpha value is -1.88. The molecule has 1 N–H and O–H groups in total. The van der Waals surface area contributed by atoms with Crippen molar-refractivity contribution in [3.8, 4) is 11.5 Å². The molecule has 0 aliphatic rings. The normalized spacial score (nSPS) is 11.9. The molecule has 6 nitrogen and oxygen atoms in total. The number of nitrogens with zero attached hydrogens (tertiary/aromatic N) is 3. The van der Waals surface area contributed by atoms with Crippen molar-refractivity contribution in [3.63, 3.8) is 0 Å². The zero-order valence-corrected chi connectivity index (χ0v) is 16.3. The molecule has 0 saturated heterocycles. The fourth-order valence-electron chi connectivity index (χ4n) is 1.98. The predicted octanol–water partition coefficient (Wildman–Crippen LogP) is 4.79. The van der Waals surface area contributed by atoms with Crippen LogP contribution in [-0.2, 0) is 6.18 Å². The minimum Gasteiger partial charge on any atom is -0.490 e. The van der Waals surface area contributed by atoms with Gasteiger partial charge in [0.15, 0.2) is 11.5 Å². The highest BCUT2D eigenvalue weighted by Crippen LogP contribution is 2.36. The van der Waals surface area contributed by atoms with E-state index in [9.17, 15) is 13.2 Å². The molecule has 2 aromatic rings. The van der Waals surface area contributed by atoms with Crippen molar-refractivity contribution < 1.29 is 22.6 Å². The Labute approximate surface area is 161 Å². The molecule has 1 aromatic carbocycles. The smallest absolute Gasteiger partial charge is 0.453 e. The first-order chi connectivity index (χ1) is 12.3. The van der Waals surface area contributed by atoms with Crippen molar-refractivity contribution >= 4 is 34.4 Å². The second-order valence-electron chi connectivity index (χ2n) is 5.02. The average molecular weight is 453 g/mol. The summed E-state index contributed by atoms with van der Waals surface area (Å²) in [6.07, 6.45) is -2.63. The zero-order valence-electron chi connectivity index (χ0n) is 13.9. The van der Waals surface area contributed by atoms with E-state index in [1.54, 1.807) is 12.1 Å². The number of aromatic amines is 1. The molecule has 0 aliphatic carbocycles. The molecule has 0 fully saturated rings. The highest BCUT2D eigenvalue weighted by Gasteiger charge is 2.37. The second kappa shape index (κ2) is 8.67. The number of nitrogens with one attached hydrogen (secondary N) is 1. The Morgan fingerprint density at radius 2 is 2.08 bits per heavy atom. The van der Waals surface area contributed by atoms with Gasteiger partial charge in [0.1, 0.15) is 0 Å². The number of benzene rings is 1. The van der Waals surface area contributed by atoms with Gasteiger partial charge in [-0.2, -0.15) is 22.9 Å². The lowest BCUT2D eigenvalue weighted by molar-refractivity contribution is -0.147. The van der Waals surface area contributed by atoms with Crippen LogP contribution in [0.5, 0.6) is 11.5 Å². The molecule has 0 spiro atoms. The molecule has 1 aromatic heterocycles. The summed E-state index contributed by atoms with van der Waals surface area (Å²) in [5.41, 5.74) is 0.500. The van der Waals surface area contributed by atoms with Crippen molar-refractivity contribution in [1.29, 1.82) is 0 Å². The molecule has 0 bridgehead atoms. The first-order valence-corrected chi connectivity index (χ1v) is 8.86. The maximum atomic E-state index is 12.9. The Balaban J connectivity index is 2.40. The lowest BCUT2D eigenvalue weighted by Gasteiger charge is -2.14. The minimum absolute atomic E-state index is 0.263. The van der Waals surface area contributed by atoms with Crippen LogP contribution >= 0.6 is 28.1 Å². The summed E-state index contributed by atoms with van der Waals surface area (Å²) in [7, 11) is 0. The third-order valence-corrected chi connectivity index (χ3v) is 3.86. The van der Waals surface area contributed by atoms with E-state index in [0.29, 0.717) is 39.4 Å². The summed E-state index contributed by atoms with van der Waals surface area (Å²) in [5.74, 6) is -0.240. The second-order valence-corrected chi connectivity index (χ2v) is 6.26. The van der Waals surface area contributed by atoms with Crippen LogP contribution in [0.2, 0.25) is 0 Å². The van der Waals surface area contributed by atoms with Crippen LogP contribution in [0.3, 0.4) is 0 Å². The van der Waals surface area contributed by atoms with Crippen LogP contribution in [-0.4, -0.2) is 34.3 Å². The summed E-state index contributed by atoms with van der Waals surface area (Å²) < 4.78 is 50.8. The van der Waals surface area contributed by atoms with E-state index in [0.717, 1.165) is 6.42 Å². The number of halogens is 4. The molecule has 0 atom stereocenters. The van der Waals surface area contributed by atoms with Gasteiger partial charge in [-0.1, -0.05) is 6.92 Å². The van der Waals surface area contributed by atoms with Crippen molar-refractivity contribution in [2.75, 3.05) is 13.2 Å². The van der Waals surface area contributed by atoms with E-state index >= 15 is 0 Å². The Morgan fingerprint density at radius 1 is 1.35 bits per heavy atom. The molecule has 1 heterocycles. The number of H-pyrrole nitrogens is 1. The van der Waals surface area contributed by atoms with Crippen LogP contribution < -0.4 is 9.47 Å². The summed E-state index contributed by atoms with van der Waals surface area (Å²) in [4.78, 5) is 0. The van der Waals surface area contributed by atoms with E-state index in [2.05, 4.69) is 31.2 Å². The lowest BCUT2D eigenvalue weighted by Crippen LogP contribution is -2.12. The number of hydrogen-bond donors (Lipinski definition) is 1. The van der Waals surface area contributed by atoms with Gasteiger partial charge in [0.05, 0.1) is 23.9 Å². The number of hydrogen-bond acceptors (Lipinski definition) is 5. The van der Waals surface area contributed by atoms with Crippen LogP contribution in [0, 0.1) is 4.77 Å². The molecule has 0 unspecified atom stereocenters. The number of rotatable bonds is 7. The van der Waals surface area contributed by atoms with Gasteiger partial charge in [-0.15, -0.1) is 5.10 Å². The quantitative estimate of drug-likeness (QED) is 0.484. The molecular weight excluding hydrogens is 437 g/mol. The first-order valence-electron chi connectivity index (χ1n) is 7.66. The van der Waals surface area contributed by atoms with Crippen molar-refractivity contribution in [2.45, 2.75) is 26.4 Å². The van der Waals surface area contributed by atoms with Gasteiger partial charge in [-0.25, -0.2) is 5.10 Å². The SMILES string of the molecule is CCCOc1c(Br)cc(/C=N\n2c(C(F)(F)F)n[nH]c2=S)cc1OCC. The molecule has 2 rings (SSSR count). The molecule has 0 aliphatic heterocycles. The van der Waals surface area contributed by atoms with Crippen molar-refractivity contribution in [3.05, 3.63) is 32.8 Å². The zero-order chi connectivity index (χ0) is 19.3. The fourth-order valence-corrected chi connectivity index (χ4v) is 2.73. The van der Waals surface area contributed by atoms with Crippen LogP contribution in [0.15, 0.2) is 21.7 Å². The molecule has 0 amide bonds. The van der Waals surface area contributed by atoms with Crippen LogP contribution in [0.25, 0.3) is 0 Å². The van der Waals surface area contributed by atoms with Gasteiger partial charge in [0.25, 0.3) is 5.82 Å². The predicted molar refractivity (Wildman–Crippen MR) is 96.5 cm³/mol. The summed E-state index contributed by atoms with van der Waals surface area (Å²) >= 11 is 8.18. The molecule has 26 heavy (non-hydrogen) atoms. The van der Waals surface area contributed by atoms with Crippen LogP contribution in [0.4, 0.5) is 13.2 Å². The van der Waals surface area contributed by atoms with E-state index in [1.807, 2.05) is 13.8 Å². The summed E-state index contributed by atoms with van der Waals surface area (Å²) in [5, 5.41) is 9.04. The van der Waals surface area contributed by atoms with Crippen molar-refractivity contribution in [1.82, 2.24) is 14.9 Å². The number of ether oxygens (including phenoxy) is 2. The van der Waals surface area contributed by atoms with Gasteiger partial charge in [-0.05, 0) is 59.2 Å². The van der Waals surface area contributed by atoms with Gasteiger partial charge in [0, 0.05) is 0 Å². The topological polar surface area (TPSA) is 64.4 Å². The third-order valence-electron chi connectivity index (χ3n) is 3.01. The molecular formula is C15H16BrF3N4O2S. The van der Waals surface area contributed by atoms with Gasteiger partial charge < -0.3 is 9.47 Å². The van der Waals surface area contributed by atoms with E-state index in [1.165, 1.54) is 6.21 Å². The monoisotopic (exact) mass is 452 g/mol. The highest BCUT2D eigenvalue weighted by molar-refractivity contribution is 9.10. The number of alkyl halides is 3. The molecule has 11 heteroatoms. The molecule has 142 valence electrons. The maximum Gasteiger partial charge on any atom is 0.453 e. The lowest BCUT2D eigenvalue weighted by atomic mass is 10.2. The van der Waals surface area contributed by atoms with Crippen LogP contribution in [0.1, 0.15) is 31.7 Å². The Kier molecular flexibility index (Phi) is 6.81. The standard InChI is InChI=1S/C15H16BrF3N4O2S/c1-3-5-25-12-10(16)6-9(7-11(12)24-4-2)8-20-23-13(15(17,18)19)21-22-14(23)26/h6-8H,3-5H2,1-2H3,(H,22,26)/b20-8-. The van der Waals surface area contributed by atoms with Gasteiger partial charge in [0.2, 0.25) is 4.77 Å². The largest absolute Gasteiger partial charge is 0.490 e. The molecule has 0 saturated carbocycles. The summed E-state index contributed by atoms with van der Waals surface area (Å²) in [6, 6.07) is 3.29. The average Bonchev–Trinajstić information content (AvgIpc) is 2.93. The Morgan fingerprint density at radius 3 is 2.69 bits per heavy atom. The highest BCUT2D eigenvalue weighted by atomic mass is 79.9. The van der Waals surface area contributed by atoms with E-state index in [4.69, 9.17) is 21.7 Å². The Bertz CT molecular complexity index is 848. The third kappa shape index (κ3) is 4.85. The number of aromatic nitrogens is 3. The van der Waals surface area contributed by atoms with Gasteiger partial charge in [-0.3, -0.25) is 0 Å². The van der Waals surface area contributed by atoms with E-state index in [-0.39, 0.29) is 4.77 Å². The summed E-state index contributed by atoms with van der Waals surface area (Å²) in [6.45, 7) is 4.70. The fraction of sp³-hybridized carbons (Fsp3) is 0.400. The minimum atomic E-state index is -4.68.